The molecule has 122 valence electrons. The molecular formula is C17H18N6O. The average Bonchev–Trinajstić information content (AvgIpc) is 3.01. The van der Waals surface area contributed by atoms with Crippen LogP contribution < -0.4 is 10.6 Å². The van der Waals surface area contributed by atoms with Crippen LogP contribution >= 0.6 is 0 Å². The molecule has 0 spiro atoms. The largest absolute Gasteiger partial charge is 0.368 e. The molecule has 0 fully saturated rings. The number of hydrogen-bond donors (Lipinski definition) is 2. The summed E-state index contributed by atoms with van der Waals surface area (Å²) in [5.41, 5.74) is 2.13. The number of aryl methyl sites for hydroxylation is 1. The summed E-state index contributed by atoms with van der Waals surface area (Å²) in [7, 11) is 1.96. The number of carbonyl (C=O) groups excluding carboxylic acids is 1. The van der Waals surface area contributed by atoms with Crippen LogP contribution in [0.1, 0.15) is 16.2 Å². The minimum Gasteiger partial charge on any atom is -0.368 e. The molecular weight excluding hydrogens is 304 g/mol. The molecule has 3 aromatic rings. The highest BCUT2D eigenvalue weighted by atomic mass is 16.1. The summed E-state index contributed by atoms with van der Waals surface area (Å²) in [6.45, 7) is 0.712. The molecule has 0 aliphatic carbocycles. The highest BCUT2D eigenvalue weighted by molar-refractivity contribution is 6.02. The molecule has 1 aromatic carbocycles. The van der Waals surface area contributed by atoms with Crippen LogP contribution in [0.5, 0.6) is 0 Å². The van der Waals surface area contributed by atoms with E-state index in [4.69, 9.17) is 0 Å². The Morgan fingerprint density at radius 3 is 2.62 bits per heavy atom. The molecule has 1 amide bonds. The van der Waals surface area contributed by atoms with Crippen molar-refractivity contribution in [3.8, 4) is 0 Å². The molecule has 0 saturated carbocycles. The molecule has 0 aliphatic heterocycles. The number of rotatable bonds is 6. The van der Waals surface area contributed by atoms with Crippen molar-refractivity contribution in [3.63, 3.8) is 0 Å². The van der Waals surface area contributed by atoms with Gasteiger partial charge in [-0.3, -0.25) is 4.79 Å². The topological polar surface area (TPSA) is 84.7 Å². The summed E-state index contributed by atoms with van der Waals surface area (Å²) < 4.78 is 1.98. The zero-order chi connectivity index (χ0) is 16.8. The first-order valence-electron chi connectivity index (χ1n) is 7.61. The second-order valence-corrected chi connectivity index (χ2v) is 5.30. The number of aromatic nitrogens is 4. The van der Waals surface area contributed by atoms with E-state index in [1.807, 2.05) is 48.1 Å². The van der Waals surface area contributed by atoms with E-state index < -0.39 is 0 Å². The van der Waals surface area contributed by atoms with Crippen molar-refractivity contribution in [1.29, 1.82) is 0 Å². The molecule has 24 heavy (non-hydrogen) atoms. The summed E-state index contributed by atoms with van der Waals surface area (Å²) in [5, 5.41) is 14.0. The fraction of sp³-hybridized carbons (Fsp3) is 0.176. The van der Waals surface area contributed by atoms with Crippen LogP contribution in [0.4, 0.5) is 11.5 Å². The lowest BCUT2D eigenvalue weighted by Gasteiger charge is -2.07. The smallest absolute Gasteiger partial charge is 0.276 e. The summed E-state index contributed by atoms with van der Waals surface area (Å²) in [5.74, 6) is 0.351. The van der Waals surface area contributed by atoms with Gasteiger partial charge in [-0.15, -0.1) is 10.2 Å². The van der Waals surface area contributed by atoms with Crippen molar-refractivity contribution >= 4 is 17.4 Å². The van der Waals surface area contributed by atoms with E-state index >= 15 is 0 Å². The van der Waals surface area contributed by atoms with Gasteiger partial charge in [0.2, 0.25) is 0 Å². The second-order valence-electron chi connectivity index (χ2n) is 5.30. The third kappa shape index (κ3) is 3.95. The van der Waals surface area contributed by atoms with Gasteiger partial charge in [-0.1, -0.05) is 18.2 Å². The number of hydrogen-bond acceptors (Lipinski definition) is 5. The number of nitrogens with one attached hydrogen (secondary N) is 2. The highest BCUT2D eigenvalue weighted by Gasteiger charge is 2.08. The number of carbonyl (C=O) groups is 1. The van der Waals surface area contributed by atoms with Crippen LogP contribution in [0.15, 0.2) is 55.0 Å². The molecule has 0 atom stereocenters. The zero-order valence-electron chi connectivity index (χ0n) is 13.3. The molecule has 3 rings (SSSR count). The third-order valence-electron chi connectivity index (χ3n) is 3.53. The summed E-state index contributed by atoms with van der Waals surface area (Å²) in [6, 6.07) is 12.6. The Morgan fingerprint density at radius 1 is 1.12 bits per heavy atom. The zero-order valence-corrected chi connectivity index (χ0v) is 13.3. The molecule has 0 aliphatic rings. The standard InChI is InChI=1S/C17H18N6O/c1-23-12-18-11-14(23)9-10-19-16-8-7-15(21-22-16)17(24)20-13-5-3-2-4-6-13/h2-8,11-12H,9-10H2,1H3,(H,19,22)(H,20,24). The van der Waals surface area contributed by atoms with Gasteiger partial charge in [-0.05, 0) is 24.3 Å². The van der Waals surface area contributed by atoms with Gasteiger partial charge in [0.05, 0.1) is 6.33 Å². The van der Waals surface area contributed by atoms with Crippen molar-refractivity contribution in [2.45, 2.75) is 6.42 Å². The van der Waals surface area contributed by atoms with Gasteiger partial charge in [-0.25, -0.2) is 4.98 Å². The number of imidazole rings is 1. The Kier molecular flexibility index (Phi) is 4.81. The Bertz CT molecular complexity index is 797. The maximum Gasteiger partial charge on any atom is 0.276 e. The van der Waals surface area contributed by atoms with Gasteiger partial charge in [0.1, 0.15) is 5.82 Å². The number of anilines is 2. The van der Waals surface area contributed by atoms with Crippen LogP contribution in [-0.2, 0) is 13.5 Å². The Labute approximate surface area is 139 Å². The van der Waals surface area contributed by atoms with Crippen LogP contribution in [0, 0.1) is 0 Å². The predicted octanol–water partition coefficient (Wildman–Crippen LogP) is 2.12. The van der Waals surface area contributed by atoms with Gasteiger partial charge in [-0.2, -0.15) is 0 Å². The van der Waals surface area contributed by atoms with Crippen molar-refractivity contribution in [3.05, 3.63) is 66.4 Å². The van der Waals surface area contributed by atoms with Crippen LogP contribution in [-0.4, -0.2) is 32.2 Å². The van der Waals surface area contributed by atoms with Crippen molar-refractivity contribution in [1.82, 2.24) is 19.7 Å². The fourth-order valence-electron chi connectivity index (χ4n) is 2.21. The Balaban J connectivity index is 1.53. The van der Waals surface area contributed by atoms with Crippen LogP contribution in [0.2, 0.25) is 0 Å². The number of amides is 1. The number of benzene rings is 1. The average molecular weight is 322 g/mol. The van der Waals surface area contributed by atoms with E-state index in [1.54, 1.807) is 18.5 Å². The summed E-state index contributed by atoms with van der Waals surface area (Å²) >= 11 is 0. The van der Waals surface area contributed by atoms with Gasteiger partial charge in [0.25, 0.3) is 5.91 Å². The Morgan fingerprint density at radius 2 is 1.96 bits per heavy atom. The van der Waals surface area contributed by atoms with Crippen molar-refractivity contribution in [2.24, 2.45) is 7.05 Å². The first kappa shape index (κ1) is 15.7. The monoisotopic (exact) mass is 322 g/mol. The lowest BCUT2D eigenvalue weighted by Crippen LogP contribution is -2.15. The molecule has 2 heterocycles. The SMILES string of the molecule is Cn1cncc1CCNc1ccc(C(=O)Nc2ccccc2)nn1. The minimum atomic E-state index is -0.282. The van der Waals surface area contributed by atoms with E-state index in [0.717, 1.165) is 17.8 Å². The van der Waals surface area contributed by atoms with E-state index in [2.05, 4.69) is 25.8 Å². The third-order valence-corrected chi connectivity index (χ3v) is 3.53. The maximum atomic E-state index is 12.1. The lowest BCUT2D eigenvalue weighted by molar-refractivity contribution is 0.102. The van der Waals surface area contributed by atoms with Crippen LogP contribution in [0.3, 0.4) is 0 Å². The molecule has 0 saturated heterocycles. The van der Waals surface area contributed by atoms with Gasteiger partial charge >= 0.3 is 0 Å². The first-order valence-corrected chi connectivity index (χ1v) is 7.61. The van der Waals surface area contributed by atoms with E-state index in [1.165, 1.54) is 0 Å². The van der Waals surface area contributed by atoms with Crippen molar-refractivity contribution in [2.75, 3.05) is 17.2 Å². The molecule has 0 bridgehead atoms. The molecule has 7 heteroatoms. The van der Waals surface area contributed by atoms with Crippen LogP contribution in [0.25, 0.3) is 0 Å². The molecule has 2 N–H and O–H groups in total. The lowest BCUT2D eigenvalue weighted by atomic mass is 10.3. The predicted molar refractivity (Wildman–Crippen MR) is 91.8 cm³/mol. The van der Waals surface area contributed by atoms with Crippen molar-refractivity contribution < 1.29 is 4.79 Å². The molecule has 0 unspecified atom stereocenters. The Hall–Kier alpha value is -3.22. The van der Waals surface area contributed by atoms with Gasteiger partial charge in [0.15, 0.2) is 5.69 Å². The maximum absolute atomic E-state index is 12.1. The van der Waals surface area contributed by atoms with E-state index in [9.17, 15) is 4.79 Å². The van der Waals surface area contributed by atoms with Gasteiger partial charge < -0.3 is 15.2 Å². The number of para-hydroxylation sites is 1. The first-order chi connectivity index (χ1) is 11.7. The highest BCUT2D eigenvalue weighted by Crippen LogP contribution is 2.08. The van der Waals surface area contributed by atoms with E-state index in [-0.39, 0.29) is 11.6 Å². The quantitative estimate of drug-likeness (QED) is 0.726. The molecule has 7 nitrogen and oxygen atoms in total. The minimum absolute atomic E-state index is 0.274. The molecule has 2 aromatic heterocycles. The van der Waals surface area contributed by atoms with Gasteiger partial charge in [0, 0.05) is 37.6 Å². The molecule has 0 radical (unpaired) electrons. The second kappa shape index (κ2) is 7.36. The normalized spacial score (nSPS) is 10.4. The summed E-state index contributed by atoms with van der Waals surface area (Å²) in [4.78, 5) is 16.2. The summed E-state index contributed by atoms with van der Waals surface area (Å²) in [6.07, 6.45) is 4.44. The fourth-order valence-corrected chi connectivity index (χ4v) is 2.21. The number of nitrogens with zero attached hydrogens (tertiary/aromatic N) is 4. The van der Waals surface area contributed by atoms with E-state index in [0.29, 0.717) is 12.4 Å².